The Labute approximate surface area is 123 Å². The molecule has 0 amide bonds. The molecular formula is C16H30N4. The van der Waals surface area contributed by atoms with Crippen LogP contribution in [0.3, 0.4) is 0 Å². The Hall–Kier alpha value is -0.870. The molecule has 0 spiro atoms. The molecule has 1 fully saturated rings. The Morgan fingerprint density at radius 1 is 1.35 bits per heavy atom. The lowest BCUT2D eigenvalue weighted by molar-refractivity contribution is 0.166. The molecule has 1 heterocycles. The summed E-state index contributed by atoms with van der Waals surface area (Å²) in [6.45, 7) is 8.60. The van der Waals surface area contributed by atoms with Crippen molar-refractivity contribution in [1.29, 1.82) is 0 Å². The molecule has 1 N–H and O–H groups in total. The highest BCUT2D eigenvalue weighted by molar-refractivity contribution is 5.00. The van der Waals surface area contributed by atoms with Gasteiger partial charge in [-0.2, -0.15) is 5.10 Å². The third-order valence-electron chi connectivity index (χ3n) is 4.42. The van der Waals surface area contributed by atoms with Crippen LogP contribution in [-0.2, 0) is 6.54 Å². The van der Waals surface area contributed by atoms with E-state index in [9.17, 15) is 0 Å². The van der Waals surface area contributed by atoms with Crippen molar-refractivity contribution in [3.8, 4) is 0 Å². The summed E-state index contributed by atoms with van der Waals surface area (Å²) in [4.78, 5) is 2.48. The van der Waals surface area contributed by atoms with Crippen LogP contribution < -0.4 is 5.32 Å². The van der Waals surface area contributed by atoms with Crippen molar-refractivity contribution in [2.24, 2.45) is 0 Å². The number of rotatable bonds is 6. The summed E-state index contributed by atoms with van der Waals surface area (Å²) >= 11 is 0. The molecule has 4 nitrogen and oxygen atoms in total. The average molecular weight is 278 g/mol. The van der Waals surface area contributed by atoms with E-state index in [1.807, 2.05) is 4.68 Å². The smallest absolute Gasteiger partial charge is 0.0764 e. The highest BCUT2D eigenvalue weighted by Gasteiger charge is 2.23. The van der Waals surface area contributed by atoms with Gasteiger partial charge >= 0.3 is 0 Å². The molecule has 0 saturated heterocycles. The summed E-state index contributed by atoms with van der Waals surface area (Å²) in [7, 11) is 2.24. The molecular weight excluding hydrogens is 248 g/mol. The van der Waals surface area contributed by atoms with Gasteiger partial charge in [-0.3, -0.25) is 9.58 Å². The zero-order valence-corrected chi connectivity index (χ0v) is 13.5. The molecule has 1 aliphatic rings. The maximum absolute atomic E-state index is 4.65. The standard InChI is InChI=1S/C16H30N4/c1-5-17-14-6-8-16(9-7-14)19(4)12-15-10-11-20(18-15)13(2)3/h10-11,13-14,16-17H,5-9,12H2,1-4H3. The summed E-state index contributed by atoms with van der Waals surface area (Å²) < 4.78 is 2.05. The molecule has 1 aromatic rings. The maximum atomic E-state index is 4.65. The Morgan fingerprint density at radius 3 is 2.60 bits per heavy atom. The fourth-order valence-corrected chi connectivity index (χ4v) is 3.14. The van der Waals surface area contributed by atoms with Crippen LogP contribution in [-0.4, -0.2) is 40.4 Å². The van der Waals surface area contributed by atoms with Crippen LogP contribution in [0, 0.1) is 0 Å². The topological polar surface area (TPSA) is 33.1 Å². The largest absolute Gasteiger partial charge is 0.314 e. The van der Waals surface area contributed by atoms with Crippen molar-refractivity contribution in [3.05, 3.63) is 18.0 Å². The van der Waals surface area contributed by atoms with Crippen LogP contribution in [0.25, 0.3) is 0 Å². The molecule has 0 unspecified atom stereocenters. The average Bonchev–Trinajstić information content (AvgIpc) is 2.88. The Bertz CT molecular complexity index is 391. The summed E-state index contributed by atoms with van der Waals surface area (Å²) in [5.41, 5.74) is 1.19. The van der Waals surface area contributed by atoms with Gasteiger partial charge in [-0.1, -0.05) is 6.92 Å². The summed E-state index contributed by atoms with van der Waals surface area (Å²) in [5.74, 6) is 0. The predicted octanol–water partition coefficient (Wildman–Crippen LogP) is 2.82. The first-order chi connectivity index (χ1) is 9.60. The molecule has 0 atom stereocenters. The van der Waals surface area contributed by atoms with E-state index in [4.69, 9.17) is 0 Å². The molecule has 4 heteroatoms. The highest BCUT2D eigenvalue weighted by Crippen LogP contribution is 2.23. The van der Waals surface area contributed by atoms with Crippen molar-refractivity contribution in [2.45, 2.75) is 71.1 Å². The molecule has 20 heavy (non-hydrogen) atoms. The van der Waals surface area contributed by atoms with Crippen LogP contribution in [0.1, 0.15) is 58.2 Å². The van der Waals surface area contributed by atoms with Gasteiger partial charge in [0, 0.05) is 30.9 Å². The van der Waals surface area contributed by atoms with Crippen LogP contribution in [0.4, 0.5) is 0 Å². The first-order valence-electron chi connectivity index (χ1n) is 8.07. The normalized spacial score (nSPS) is 23.7. The number of aromatic nitrogens is 2. The van der Waals surface area contributed by atoms with Gasteiger partial charge in [-0.25, -0.2) is 0 Å². The van der Waals surface area contributed by atoms with Crippen molar-refractivity contribution >= 4 is 0 Å². The van der Waals surface area contributed by atoms with E-state index < -0.39 is 0 Å². The maximum Gasteiger partial charge on any atom is 0.0764 e. The predicted molar refractivity (Wildman–Crippen MR) is 83.8 cm³/mol. The summed E-state index contributed by atoms with van der Waals surface area (Å²) in [6.07, 6.45) is 7.32. The molecule has 1 saturated carbocycles. The number of hydrogen-bond donors (Lipinski definition) is 1. The van der Waals surface area contributed by atoms with Gasteiger partial charge in [0.15, 0.2) is 0 Å². The molecule has 1 aromatic heterocycles. The van der Waals surface area contributed by atoms with Gasteiger partial charge in [0.25, 0.3) is 0 Å². The second-order valence-electron chi connectivity index (χ2n) is 6.36. The lowest BCUT2D eigenvalue weighted by atomic mass is 9.90. The van der Waals surface area contributed by atoms with Gasteiger partial charge < -0.3 is 5.32 Å². The summed E-state index contributed by atoms with van der Waals surface area (Å²) in [5, 5.41) is 8.23. The van der Waals surface area contributed by atoms with E-state index in [0.717, 1.165) is 19.1 Å². The number of hydrogen-bond acceptors (Lipinski definition) is 3. The van der Waals surface area contributed by atoms with Crippen molar-refractivity contribution < 1.29 is 0 Å². The summed E-state index contributed by atoms with van der Waals surface area (Å²) in [6, 6.07) is 4.06. The van der Waals surface area contributed by atoms with Gasteiger partial charge in [0.1, 0.15) is 0 Å². The first-order valence-corrected chi connectivity index (χ1v) is 8.07. The van der Waals surface area contributed by atoms with Gasteiger partial charge in [0.2, 0.25) is 0 Å². The van der Waals surface area contributed by atoms with Crippen LogP contribution in [0.5, 0.6) is 0 Å². The van der Waals surface area contributed by atoms with E-state index in [1.54, 1.807) is 0 Å². The minimum atomic E-state index is 0.449. The quantitative estimate of drug-likeness (QED) is 0.868. The Balaban J connectivity index is 1.81. The molecule has 0 aliphatic heterocycles. The van der Waals surface area contributed by atoms with Gasteiger partial charge in [-0.05, 0) is 59.2 Å². The molecule has 0 bridgehead atoms. The molecule has 114 valence electrons. The monoisotopic (exact) mass is 278 g/mol. The zero-order valence-electron chi connectivity index (χ0n) is 13.5. The van der Waals surface area contributed by atoms with E-state index >= 15 is 0 Å². The fourth-order valence-electron chi connectivity index (χ4n) is 3.14. The van der Waals surface area contributed by atoms with Crippen molar-refractivity contribution in [3.63, 3.8) is 0 Å². The Kier molecular flexibility index (Phi) is 5.61. The second-order valence-corrected chi connectivity index (χ2v) is 6.36. The minimum absolute atomic E-state index is 0.449. The van der Waals surface area contributed by atoms with E-state index in [1.165, 1.54) is 31.4 Å². The molecule has 0 radical (unpaired) electrons. The van der Waals surface area contributed by atoms with Crippen LogP contribution in [0.15, 0.2) is 12.3 Å². The first kappa shape index (κ1) is 15.5. The fraction of sp³-hybridized carbons (Fsp3) is 0.812. The van der Waals surface area contributed by atoms with Gasteiger partial charge in [0.05, 0.1) is 5.69 Å². The third kappa shape index (κ3) is 4.06. The lowest BCUT2D eigenvalue weighted by Gasteiger charge is -2.34. The molecule has 1 aliphatic carbocycles. The third-order valence-corrected chi connectivity index (χ3v) is 4.42. The van der Waals surface area contributed by atoms with Gasteiger partial charge in [-0.15, -0.1) is 0 Å². The second kappa shape index (κ2) is 7.23. The number of nitrogens with one attached hydrogen (secondary N) is 1. The zero-order chi connectivity index (χ0) is 14.5. The minimum Gasteiger partial charge on any atom is -0.314 e. The molecule has 0 aromatic carbocycles. The van der Waals surface area contributed by atoms with E-state index in [2.05, 4.69) is 55.4 Å². The highest BCUT2D eigenvalue weighted by atomic mass is 15.3. The van der Waals surface area contributed by atoms with Crippen LogP contribution in [0.2, 0.25) is 0 Å². The van der Waals surface area contributed by atoms with Crippen molar-refractivity contribution in [2.75, 3.05) is 13.6 Å². The van der Waals surface area contributed by atoms with Crippen LogP contribution >= 0.6 is 0 Å². The van der Waals surface area contributed by atoms with E-state index in [-0.39, 0.29) is 0 Å². The number of nitrogens with zero attached hydrogens (tertiary/aromatic N) is 3. The SMILES string of the molecule is CCNC1CCC(N(C)Cc2ccn(C(C)C)n2)CC1. The molecule has 2 rings (SSSR count). The Morgan fingerprint density at radius 2 is 2.05 bits per heavy atom. The van der Waals surface area contributed by atoms with E-state index in [0.29, 0.717) is 12.1 Å². The van der Waals surface area contributed by atoms with Crippen molar-refractivity contribution in [1.82, 2.24) is 20.0 Å². The lowest BCUT2D eigenvalue weighted by Crippen LogP contribution is -2.40.